The summed E-state index contributed by atoms with van der Waals surface area (Å²) in [5.41, 5.74) is 8.54. The van der Waals surface area contributed by atoms with Crippen LogP contribution in [0.15, 0.2) is 30.5 Å². The monoisotopic (exact) mass is 390 g/mol. The van der Waals surface area contributed by atoms with Gasteiger partial charge in [-0.2, -0.15) is 0 Å². The zero-order chi connectivity index (χ0) is 20.5. The van der Waals surface area contributed by atoms with Crippen LogP contribution in [0.3, 0.4) is 0 Å². The third-order valence-electron chi connectivity index (χ3n) is 6.18. The molecule has 1 aliphatic heterocycles. The van der Waals surface area contributed by atoms with Crippen molar-refractivity contribution in [3.05, 3.63) is 64.1 Å². The zero-order valence-electron chi connectivity index (χ0n) is 17.9. The van der Waals surface area contributed by atoms with Gasteiger partial charge in [0.2, 0.25) is 0 Å². The Morgan fingerprint density at radius 2 is 1.93 bits per heavy atom. The van der Waals surface area contributed by atoms with Crippen LogP contribution in [0.4, 0.5) is 5.69 Å². The predicted molar refractivity (Wildman–Crippen MR) is 118 cm³/mol. The van der Waals surface area contributed by atoms with Gasteiger partial charge in [-0.05, 0) is 62.8 Å². The van der Waals surface area contributed by atoms with Crippen molar-refractivity contribution in [3.8, 4) is 0 Å². The summed E-state index contributed by atoms with van der Waals surface area (Å²) in [6.45, 7) is 10.8. The quantitative estimate of drug-likeness (QED) is 0.689. The second-order valence-electron chi connectivity index (χ2n) is 8.04. The zero-order valence-corrected chi connectivity index (χ0v) is 17.9. The van der Waals surface area contributed by atoms with Crippen LogP contribution in [0, 0.1) is 20.8 Å². The first-order chi connectivity index (χ1) is 14.0. The molecule has 0 radical (unpaired) electrons. The minimum atomic E-state index is 0.114. The van der Waals surface area contributed by atoms with Crippen LogP contribution in [0.25, 0.3) is 5.65 Å². The lowest BCUT2D eigenvalue weighted by atomic mass is 10.00. The number of aromatic nitrogens is 2. The molecular formula is C24H30N4O. The van der Waals surface area contributed by atoms with Crippen LogP contribution in [0.1, 0.15) is 58.2 Å². The van der Waals surface area contributed by atoms with Gasteiger partial charge in [0.25, 0.3) is 5.91 Å². The highest BCUT2D eigenvalue weighted by Crippen LogP contribution is 2.25. The molecule has 0 atom stereocenters. The number of fused-ring (bicyclic) bond motifs is 1. The molecule has 5 heteroatoms. The molecule has 0 bridgehead atoms. The van der Waals surface area contributed by atoms with Gasteiger partial charge in [-0.3, -0.25) is 4.79 Å². The molecule has 29 heavy (non-hydrogen) atoms. The minimum Gasteiger partial charge on any atom is -0.378 e. The van der Waals surface area contributed by atoms with Gasteiger partial charge in [0, 0.05) is 31.5 Å². The fourth-order valence-corrected chi connectivity index (χ4v) is 4.25. The maximum atomic E-state index is 13.1. The number of likely N-dealkylation sites (tertiary alicyclic amines) is 1. The number of rotatable bonds is 5. The second kappa shape index (κ2) is 7.90. The van der Waals surface area contributed by atoms with Crippen molar-refractivity contribution in [2.45, 2.75) is 53.5 Å². The molecule has 1 fully saturated rings. The molecule has 1 saturated heterocycles. The molecule has 1 aliphatic rings. The Morgan fingerprint density at radius 1 is 1.17 bits per heavy atom. The largest absolute Gasteiger partial charge is 0.378 e. The van der Waals surface area contributed by atoms with Crippen LogP contribution < -0.4 is 5.32 Å². The van der Waals surface area contributed by atoms with E-state index in [0.717, 1.165) is 67.2 Å². The summed E-state index contributed by atoms with van der Waals surface area (Å²) in [5, 5.41) is 3.59. The predicted octanol–water partition coefficient (Wildman–Crippen LogP) is 4.67. The van der Waals surface area contributed by atoms with E-state index in [-0.39, 0.29) is 5.91 Å². The number of carbonyl (C=O) groups is 1. The Morgan fingerprint density at radius 3 is 2.66 bits per heavy atom. The van der Waals surface area contributed by atoms with Gasteiger partial charge < -0.3 is 14.6 Å². The number of aryl methyl sites for hydroxylation is 4. The molecule has 3 aromatic rings. The van der Waals surface area contributed by atoms with Gasteiger partial charge in [0.15, 0.2) is 5.65 Å². The van der Waals surface area contributed by atoms with Crippen LogP contribution in [-0.2, 0) is 13.0 Å². The van der Waals surface area contributed by atoms with Gasteiger partial charge in [0.05, 0.1) is 16.9 Å². The van der Waals surface area contributed by atoms with Crippen molar-refractivity contribution in [2.75, 3.05) is 18.4 Å². The van der Waals surface area contributed by atoms with Crippen LogP contribution in [0.2, 0.25) is 0 Å². The van der Waals surface area contributed by atoms with Crippen molar-refractivity contribution in [1.82, 2.24) is 14.3 Å². The molecule has 4 rings (SSSR count). The van der Waals surface area contributed by atoms with Gasteiger partial charge in [-0.25, -0.2) is 4.98 Å². The van der Waals surface area contributed by atoms with E-state index in [0.29, 0.717) is 0 Å². The first kappa shape index (κ1) is 19.5. The van der Waals surface area contributed by atoms with Crippen molar-refractivity contribution < 1.29 is 4.79 Å². The SMILES string of the molecule is CCc1cccc(C)c1CNc1cc(C(=O)N2CCCC2)cn2c(C)c(C)nc12. The van der Waals surface area contributed by atoms with Gasteiger partial charge in [-0.15, -0.1) is 0 Å². The fourth-order valence-electron chi connectivity index (χ4n) is 4.25. The van der Waals surface area contributed by atoms with E-state index in [2.05, 4.69) is 48.7 Å². The second-order valence-corrected chi connectivity index (χ2v) is 8.04. The Balaban J connectivity index is 1.73. The normalized spacial score (nSPS) is 14.0. The first-order valence-electron chi connectivity index (χ1n) is 10.6. The van der Waals surface area contributed by atoms with Crippen LogP contribution in [0.5, 0.6) is 0 Å². The van der Waals surface area contributed by atoms with E-state index in [1.165, 1.54) is 16.7 Å². The average Bonchev–Trinajstić information content (AvgIpc) is 3.35. The number of hydrogen-bond donors (Lipinski definition) is 1. The highest BCUT2D eigenvalue weighted by atomic mass is 16.2. The van der Waals surface area contributed by atoms with Crippen molar-refractivity contribution in [2.24, 2.45) is 0 Å². The molecule has 2 aromatic heterocycles. The van der Waals surface area contributed by atoms with E-state index in [1.54, 1.807) is 0 Å². The lowest BCUT2D eigenvalue weighted by molar-refractivity contribution is 0.0792. The summed E-state index contributed by atoms with van der Waals surface area (Å²) in [6, 6.07) is 8.44. The first-order valence-corrected chi connectivity index (χ1v) is 10.6. The molecule has 5 nitrogen and oxygen atoms in total. The van der Waals surface area contributed by atoms with E-state index in [9.17, 15) is 4.79 Å². The number of carbonyl (C=O) groups excluding carboxylic acids is 1. The Bertz CT molecular complexity index is 1060. The molecule has 1 aromatic carbocycles. The lowest BCUT2D eigenvalue weighted by Crippen LogP contribution is -2.28. The smallest absolute Gasteiger partial charge is 0.255 e. The number of benzene rings is 1. The third-order valence-corrected chi connectivity index (χ3v) is 6.18. The summed E-state index contributed by atoms with van der Waals surface area (Å²) in [5.74, 6) is 0.114. The van der Waals surface area contributed by atoms with Crippen LogP contribution >= 0.6 is 0 Å². The molecule has 152 valence electrons. The van der Waals surface area contributed by atoms with Gasteiger partial charge in [-0.1, -0.05) is 25.1 Å². The third kappa shape index (κ3) is 3.61. The molecule has 1 amide bonds. The van der Waals surface area contributed by atoms with Crippen molar-refractivity contribution in [1.29, 1.82) is 0 Å². The maximum absolute atomic E-state index is 13.1. The van der Waals surface area contributed by atoms with E-state index >= 15 is 0 Å². The molecular weight excluding hydrogens is 360 g/mol. The van der Waals surface area contributed by atoms with Gasteiger partial charge in [0.1, 0.15) is 0 Å². The number of imidazole rings is 1. The Hall–Kier alpha value is -2.82. The highest BCUT2D eigenvalue weighted by molar-refractivity contribution is 5.96. The molecule has 0 spiro atoms. The van der Waals surface area contributed by atoms with Crippen molar-refractivity contribution in [3.63, 3.8) is 0 Å². The van der Waals surface area contributed by atoms with E-state index in [1.807, 2.05) is 24.1 Å². The molecule has 3 heterocycles. The summed E-state index contributed by atoms with van der Waals surface area (Å²) >= 11 is 0. The maximum Gasteiger partial charge on any atom is 0.255 e. The van der Waals surface area contributed by atoms with Crippen molar-refractivity contribution >= 4 is 17.2 Å². The number of amides is 1. The van der Waals surface area contributed by atoms with Crippen LogP contribution in [-0.4, -0.2) is 33.3 Å². The summed E-state index contributed by atoms with van der Waals surface area (Å²) in [4.78, 5) is 19.8. The molecule has 0 saturated carbocycles. The minimum absolute atomic E-state index is 0.114. The number of anilines is 1. The van der Waals surface area contributed by atoms with E-state index in [4.69, 9.17) is 4.98 Å². The lowest BCUT2D eigenvalue weighted by Gasteiger charge is -2.18. The summed E-state index contributed by atoms with van der Waals surface area (Å²) < 4.78 is 2.06. The Labute approximate surface area is 172 Å². The van der Waals surface area contributed by atoms with E-state index < -0.39 is 0 Å². The highest BCUT2D eigenvalue weighted by Gasteiger charge is 2.22. The molecule has 0 unspecified atom stereocenters. The fraction of sp³-hybridized carbons (Fsp3) is 0.417. The number of pyridine rings is 1. The Kier molecular flexibility index (Phi) is 5.31. The topological polar surface area (TPSA) is 49.6 Å². The summed E-state index contributed by atoms with van der Waals surface area (Å²) in [7, 11) is 0. The number of hydrogen-bond acceptors (Lipinski definition) is 3. The summed E-state index contributed by atoms with van der Waals surface area (Å²) in [6.07, 6.45) is 5.13. The molecule has 0 aliphatic carbocycles. The molecule has 1 N–H and O–H groups in total. The number of nitrogens with zero attached hydrogens (tertiary/aromatic N) is 3. The van der Waals surface area contributed by atoms with Gasteiger partial charge >= 0.3 is 0 Å². The standard InChI is InChI=1S/C24H30N4O/c1-5-19-10-8-9-16(2)21(19)14-25-22-13-20(24(29)27-11-6-7-12-27)15-28-18(4)17(3)26-23(22)28/h8-10,13,15,25H,5-7,11-12,14H2,1-4H3. The number of nitrogens with one attached hydrogen (secondary N) is 1. The average molecular weight is 391 g/mol.